The van der Waals surface area contributed by atoms with E-state index in [1.807, 2.05) is 20.8 Å². The van der Waals surface area contributed by atoms with Crippen molar-refractivity contribution in [2.24, 2.45) is 5.73 Å². The first-order chi connectivity index (χ1) is 4.87. The third kappa shape index (κ3) is 4.75. The fourth-order valence-corrected chi connectivity index (χ4v) is 0.729. The highest BCUT2D eigenvalue weighted by atomic mass is 16.3. The first kappa shape index (κ1) is 10.4. The molecule has 0 bridgehead atoms. The number of hydrogen-bond donors (Lipinski definition) is 3. The summed E-state index contributed by atoms with van der Waals surface area (Å²) in [5.74, 6) is -0.526. The van der Waals surface area contributed by atoms with Gasteiger partial charge in [-0.25, -0.2) is 0 Å². The van der Waals surface area contributed by atoms with Crippen LogP contribution in [0, 0.1) is 0 Å². The topological polar surface area (TPSA) is 75.3 Å². The minimum absolute atomic E-state index is 0.206. The number of nitrogens with one attached hydrogen (secondary N) is 1. The van der Waals surface area contributed by atoms with Crippen molar-refractivity contribution in [2.45, 2.75) is 32.4 Å². The molecule has 4 nitrogen and oxygen atoms in total. The molecular formula is C7H16N2O2. The van der Waals surface area contributed by atoms with Gasteiger partial charge in [0.05, 0.1) is 6.61 Å². The smallest absolute Gasteiger partial charge is 0.236 e. The van der Waals surface area contributed by atoms with E-state index in [2.05, 4.69) is 5.32 Å². The zero-order valence-corrected chi connectivity index (χ0v) is 7.22. The summed E-state index contributed by atoms with van der Waals surface area (Å²) in [5.41, 5.74) is 4.79. The van der Waals surface area contributed by atoms with Crippen LogP contribution in [0.3, 0.4) is 0 Å². The van der Waals surface area contributed by atoms with Crippen molar-refractivity contribution in [1.29, 1.82) is 0 Å². The number of amides is 1. The summed E-state index contributed by atoms with van der Waals surface area (Å²) >= 11 is 0. The van der Waals surface area contributed by atoms with E-state index in [4.69, 9.17) is 10.8 Å². The Morgan fingerprint density at radius 1 is 1.64 bits per heavy atom. The Bertz CT molecular complexity index is 140. The molecule has 1 unspecified atom stereocenters. The van der Waals surface area contributed by atoms with Gasteiger partial charge in [-0.05, 0) is 20.8 Å². The molecule has 0 radical (unpaired) electrons. The average molecular weight is 160 g/mol. The Balaban J connectivity index is 3.99. The average Bonchev–Trinajstić information content (AvgIpc) is 1.80. The molecule has 0 aromatic heterocycles. The van der Waals surface area contributed by atoms with Gasteiger partial charge in [0.25, 0.3) is 0 Å². The van der Waals surface area contributed by atoms with Crippen molar-refractivity contribution in [2.75, 3.05) is 6.61 Å². The SMILES string of the molecule is CC(C)(C)NC(CO)C(N)=O. The Hall–Kier alpha value is -0.610. The maximum atomic E-state index is 10.6. The summed E-state index contributed by atoms with van der Waals surface area (Å²) in [6.45, 7) is 5.45. The number of rotatable bonds is 3. The molecule has 4 heteroatoms. The molecule has 0 aliphatic rings. The van der Waals surface area contributed by atoms with Gasteiger partial charge in [-0.3, -0.25) is 10.1 Å². The predicted octanol–water partition coefficient (Wildman–Crippen LogP) is -0.779. The molecule has 0 rings (SSSR count). The standard InChI is InChI=1S/C7H16N2O2/c1-7(2,3)9-5(4-10)6(8)11/h5,9-10H,4H2,1-3H3,(H2,8,11). The van der Waals surface area contributed by atoms with Crippen LogP contribution in [-0.4, -0.2) is 29.2 Å². The first-order valence-electron chi connectivity index (χ1n) is 3.54. The highest BCUT2D eigenvalue weighted by Crippen LogP contribution is 2.00. The fraction of sp³-hybridized carbons (Fsp3) is 0.857. The molecule has 4 N–H and O–H groups in total. The third-order valence-electron chi connectivity index (χ3n) is 1.13. The van der Waals surface area contributed by atoms with Gasteiger partial charge in [-0.2, -0.15) is 0 Å². The Kier molecular flexibility index (Phi) is 3.48. The van der Waals surface area contributed by atoms with E-state index in [9.17, 15) is 4.79 Å². The lowest BCUT2D eigenvalue weighted by atomic mass is 10.1. The van der Waals surface area contributed by atoms with Gasteiger partial charge in [0.1, 0.15) is 6.04 Å². The quantitative estimate of drug-likeness (QED) is 0.507. The van der Waals surface area contributed by atoms with Gasteiger partial charge in [0.2, 0.25) is 5.91 Å². The second-order valence-electron chi connectivity index (χ2n) is 3.53. The van der Waals surface area contributed by atoms with Crippen molar-refractivity contribution < 1.29 is 9.90 Å². The first-order valence-corrected chi connectivity index (χ1v) is 3.54. The largest absolute Gasteiger partial charge is 0.394 e. The molecule has 0 aliphatic carbocycles. The predicted molar refractivity (Wildman–Crippen MR) is 43.0 cm³/mol. The van der Waals surface area contributed by atoms with Crippen LogP contribution in [0.4, 0.5) is 0 Å². The molecule has 11 heavy (non-hydrogen) atoms. The maximum Gasteiger partial charge on any atom is 0.236 e. The lowest BCUT2D eigenvalue weighted by Crippen LogP contribution is -2.52. The van der Waals surface area contributed by atoms with Crippen molar-refractivity contribution >= 4 is 5.91 Å². The van der Waals surface area contributed by atoms with Crippen LogP contribution in [0.25, 0.3) is 0 Å². The van der Waals surface area contributed by atoms with Crippen molar-refractivity contribution in [3.63, 3.8) is 0 Å². The third-order valence-corrected chi connectivity index (χ3v) is 1.13. The number of primary amides is 1. The summed E-state index contributed by atoms with van der Waals surface area (Å²) < 4.78 is 0. The van der Waals surface area contributed by atoms with Crippen molar-refractivity contribution in [3.05, 3.63) is 0 Å². The molecule has 1 atom stereocenters. The van der Waals surface area contributed by atoms with E-state index in [0.717, 1.165) is 0 Å². The van der Waals surface area contributed by atoms with Gasteiger partial charge in [-0.15, -0.1) is 0 Å². The summed E-state index contributed by atoms with van der Waals surface area (Å²) in [5, 5.41) is 11.6. The van der Waals surface area contributed by atoms with Crippen LogP contribution >= 0.6 is 0 Å². The van der Waals surface area contributed by atoms with E-state index in [1.54, 1.807) is 0 Å². The second-order valence-corrected chi connectivity index (χ2v) is 3.53. The normalized spacial score (nSPS) is 14.5. The Morgan fingerprint density at radius 2 is 2.09 bits per heavy atom. The molecule has 1 amide bonds. The number of hydrogen-bond acceptors (Lipinski definition) is 3. The van der Waals surface area contributed by atoms with Gasteiger partial charge < -0.3 is 10.8 Å². The van der Waals surface area contributed by atoms with Crippen LogP contribution in [0.15, 0.2) is 0 Å². The number of carbonyl (C=O) groups excluding carboxylic acids is 1. The Labute approximate surface area is 66.8 Å². The van der Waals surface area contributed by atoms with Crippen LogP contribution < -0.4 is 11.1 Å². The molecule has 0 aromatic rings. The lowest BCUT2D eigenvalue weighted by molar-refractivity contribution is -0.121. The van der Waals surface area contributed by atoms with E-state index in [-0.39, 0.29) is 12.1 Å². The number of aliphatic hydroxyl groups is 1. The van der Waals surface area contributed by atoms with Gasteiger partial charge in [-0.1, -0.05) is 0 Å². The molecule has 0 saturated carbocycles. The molecule has 66 valence electrons. The van der Waals surface area contributed by atoms with Gasteiger partial charge in [0, 0.05) is 5.54 Å². The fourth-order valence-electron chi connectivity index (χ4n) is 0.729. The van der Waals surface area contributed by atoms with Crippen LogP contribution in [-0.2, 0) is 4.79 Å². The van der Waals surface area contributed by atoms with Crippen molar-refractivity contribution in [3.8, 4) is 0 Å². The molecule has 0 saturated heterocycles. The molecule has 0 fully saturated rings. The zero-order valence-electron chi connectivity index (χ0n) is 7.22. The number of carbonyl (C=O) groups is 1. The summed E-state index contributed by atoms with van der Waals surface area (Å²) in [7, 11) is 0. The van der Waals surface area contributed by atoms with Crippen LogP contribution in [0.2, 0.25) is 0 Å². The number of nitrogens with two attached hydrogens (primary N) is 1. The van der Waals surface area contributed by atoms with Crippen molar-refractivity contribution in [1.82, 2.24) is 5.32 Å². The summed E-state index contributed by atoms with van der Waals surface area (Å²) in [4.78, 5) is 10.6. The van der Waals surface area contributed by atoms with Gasteiger partial charge in [0.15, 0.2) is 0 Å². The lowest BCUT2D eigenvalue weighted by Gasteiger charge is -2.25. The molecule has 0 heterocycles. The molecule has 0 spiro atoms. The minimum Gasteiger partial charge on any atom is -0.394 e. The zero-order chi connectivity index (χ0) is 9.07. The second kappa shape index (κ2) is 3.69. The van der Waals surface area contributed by atoms with E-state index in [0.29, 0.717) is 0 Å². The minimum atomic E-state index is -0.644. The summed E-state index contributed by atoms with van der Waals surface area (Å²) in [6.07, 6.45) is 0. The monoisotopic (exact) mass is 160 g/mol. The van der Waals surface area contributed by atoms with E-state index < -0.39 is 11.9 Å². The molecular weight excluding hydrogens is 144 g/mol. The highest BCUT2D eigenvalue weighted by Gasteiger charge is 2.20. The van der Waals surface area contributed by atoms with E-state index >= 15 is 0 Å². The molecule has 0 aliphatic heterocycles. The summed E-state index contributed by atoms with van der Waals surface area (Å²) in [6, 6.07) is -0.644. The number of aliphatic hydroxyl groups excluding tert-OH is 1. The molecule has 0 aromatic carbocycles. The van der Waals surface area contributed by atoms with Crippen LogP contribution in [0.5, 0.6) is 0 Å². The van der Waals surface area contributed by atoms with Crippen LogP contribution in [0.1, 0.15) is 20.8 Å². The Morgan fingerprint density at radius 3 is 2.18 bits per heavy atom. The van der Waals surface area contributed by atoms with E-state index in [1.165, 1.54) is 0 Å². The van der Waals surface area contributed by atoms with Gasteiger partial charge >= 0.3 is 0 Å². The highest BCUT2D eigenvalue weighted by molar-refractivity contribution is 5.80. The maximum absolute atomic E-state index is 10.6.